The van der Waals surface area contributed by atoms with Crippen LogP contribution in [0.4, 0.5) is 5.82 Å². The molecule has 0 fully saturated rings. The highest BCUT2D eigenvalue weighted by atomic mass is 35.5. The van der Waals surface area contributed by atoms with Gasteiger partial charge in [-0.3, -0.25) is 9.59 Å². The van der Waals surface area contributed by atoms with Crippen molar-refractivity contribution in [3.05, 3.63) is 76.9 Å². The third-order valence-electron chi connectivity index (χ3n) is 4.31. The minimum Gasteiger partial charge on any atom is -0.494 e. The van der Waals surface area contributed by atoms with Gasteiger partial charge in [-0.1, -0.05) is 23.7 Å². The monoisotopic (exact) mass is 411 g/mol. The molecule has 1 N–H and O–H groups in total. The first kappa shape index (κ1) is 20.6. The van der Waals surface area contributed by atoms with Gasteiger partial charge in [0.1, 0.15) is 11.6 Å². The van der Waals surface area contributed by atoms with Crippen molar-refractivity contribution in [1.82, 2.24) is 9.78 Å². The first-order valence-corrected chi connectivity index (χ1v) is 9.69. The first-order chi connectivity index (χ1) is 14.0. The average Bonchev–Trinajstić information content (AvgIpc) is 3.14. The van der Waals surface area contributed by atoms with Crippen LogP contribution in [0.2, 0.25) is 5.02 Å². The van der Waals surface area contributed by atoms with Gasteiger partial charge in [-0.05, 0) is 55.3 Å². The predicted octanol–water partition coefficient (Wildman–Crippen LogP) is 4.59. The Balaban J connectivity index is 1.43. The van der Waals surface area contributed by atoms with Crippen LogP contribution in [0.5, 0.6) is 5.75 Å². The molecule has 29 heavy (non-hydrogen) atoms. The van der Waals surface area contributed by atoms with Gasteiger partial charge < -0.3 is 10.1 Å². The van der Waals surface area contributed by atoms with E-state index >= 15 is 0 Å². The minimum atomic E-state index is -0.0987. The molecule has 0 radical (unpaired) electrons. The van der Waals surface area contributed by atoms with E-state index in [2.05, 4.69) is 10.4 Å². The highest BCUT2D eigenvalue weighted by Crippen LogP contribution is 2.15. The molecule has 1 amide bonds. The van der Waals surface area contributed by atoms with E-state index in [-0.39, 0.29) is 11.7 Å². The van der Waals surface area contributed by atoms with Crippen molar-refractivity contribution in [2.75, 3.05) is 11.9 Å². The summed E-state index contributed by atoms with van der Waals surface area (Å²) >= 11 is 5.91. The lowest BCUT2D eigenvalue weighted by atomic mass is 10.1. The Hall–Kier alpha value is -3.12. The fourth-order valence-electron chi connectivity index (χ4n) is 2.74. The van der Waals surface area contributed by atoms with Gasteiger partial charge >= 0.3 is 0 Å². The number of hydrogen-bond acceptors (Lipinski definition) is 4. The quantitative estimate of drug-likeness (QED) is 0.413. The summed E-state index contributed by atoms with van der Waals surface area (Å²) in [5.41, 5.74) is 1.68. The number of aromatic nitrogens is 2. The summed E-state index contributed by atoms with van der Waals surface area (Å²) in [4.78, 5) is 23.5. The number of anilines is 1. The normalized spacial score (nSPS) is 10.6. The molecule has 7 heteroatoms. The Morgan fingerprint density at radius 2 is 1.79 bits per heavy atom. The van der Waals surface area contributed by atoms with Gasteiger partial charge in [-0.2, -0.15) is 5.10 Å². The largest absolute Gasteiger partial charge is 0.494 e. The summed E-state index contributed by atoms with van der Waals surface area (Å²) in [7, 11) is 0. The highest BCUT2D eigenvalue weighted by Gasteiger charge is 2.08. The van der Waals surface area contributed by atoms with Crippen LogP contribution in [0.15, 0.2) is 60.8 Å². The number of hydrogen-bond donors (Lipinski definition) is 1. The van der Waals surface area contributed by atoms with Crippen LogP contribution < -0.4 is 10.1 Å². The molecular weight excluding hydrogens is 390 g/mol. The van der Waals surface area contributed by atoms with Crippen molar-refractivity contribution in [3.63, 3.8) is 0 Å². The van der Waals surface area contributed by atoms with E-state index in [0.29, 0.717) is 48.1 Å². The fourth-order valence-corrected chi connectivity index (χ4v) is 2.87. The molecule has 3 rings (SSSR count). The van der Waals surface area contributed by atoms with Crippen molar-refractivity contribution in [2.24, 2.45) is 0 Å². The molecule has 0 spiro atoms. The number of carbonyl (C=O) groups is 2. The number of halogens is 1. The second kappa shape index (κ2) is 9.89. The number of carbonyl (C=O) groups excluding carboxylic acids is 2. The second-order valence-electron chi connectivity index (χ2n) is 6.58. The average molecular weight is 412 g/mol. The van der Waals surface area contributed by atoms with Crippen molar-refractivity contribution >= 4 is 29.1 Å². The van der Waals surface area contributed by atoms with E-state index in [1.165, 1.54) is 6.92 Å². The Kier molecular flexibility index (Phi) is 7.03. The summed E-state index contributed by atoms with van der Waals surface area (Å²) in [5, 5.41) is 7.83. The topological polar surface area (TPSA) is 73.2 Å². The number of nitrogens with one attached hydrogen (secondary N) is 1. The van der Waals surface area contributed by atoms with Crippen LogP contribution in [0.1, 0.15) is 35.7 Å². The molecule has 0 aliphatic carbocycles. The molecule has 150 valence electrons. The maximum Gasteiger partial charge on any atom is 0.225 e. The maximum absolute atomic E-state index is 12.2. The third-order valence-corrected chi connectivity index (χ3v) is 4.56. The Bertz CT molecular complexity index is 966. The van der Waals surface area contributed by atoms with E-state index in [4.69, 9.17) is 16.3 Å². The molecule has 1 heterocycles. The zero-order chi connectivity index (χ0) is 20.6. The van der Waals surface area contributed by atoms with Crippen molar-refractivity contribution in [1.29, 1.82) is 0 Å². The lowest BCUT2D eigenvalue weighted by Crippen LogP contribution is -2.16. The molecule has 0 bridgehead atoms. The minimum absolute atomic E-state index is 0.0172. The van der Waals surface area contributed by atoms with Gasteiger partial charge in [0, 0.05) is 23.1 Å². The van der Waals surface area contributed by atoms with Crippen LogP contribution in [0, 0.1) is 0 Å². The van der Waals surface area contributed by atoms with E-state index in [0.717, 1.165) is 5.56 Å². The summed E-state index contributed by atoms with van der Waals surface area (Å²) in [5.74, 6) is 1.24. The Labute approximate surface area is 174 Å². The van der Waals surface area contributed by atoms with Gasteiger partial charge in [0.25, 0.3) is 0 Å². The fraction of sp³-hybridized carbons (Fsp3) is 0.227. The number of amides is 1. The predicted molar refractivity (Wildman–Crippen MR) is 113 cm³/mol. The van der Waals surface area contributed by atoms with Crippen molar-refractivity contribution in [3.8, 4) is 5.75 Å². The lowest BCUT2D eigenvalue weighted by molar-refractivity contribution is -0.116. The highest BCUT2D eigenvalue weighted by molar-refractivity contribution is 6.30. The SMILES string of the molecule is CC(=O)c1ccc(OCCCC(=O)Nc2ccnn2Cc2ccc(Cl)cc2)cc1. The second-order valence-corrected chi connectivity index (χ2v) is 7.02. The molecule has 1 aromatic heterocycles. The van der Waals surface area contributed by atoms with E-state index in [9.17, 15) is 9.59 Å². The van der Waals surface area contributed by atoms with Gasteiger partial charge in [0.2, 0.25) is 5.91 Å². The molecule has 0 saturated heterocycles. The number of ketones is 1. The number of benzene rings is 2. The molecule has 6 nitrogen and oxygen atoms in total. The molecule has 0 aliphatic heterocycles. The standard InChI is InChI=1S/C22H22ClN3O3/c1-16(27)18-6-10-20(11-7-18)29-14-2-3-22(28)25-21-12-13-24-26(21)15-17-4-8-19(23)9-5-17/h4-13H,2-3,14-15H2,1H3,(H,25,28). The Morgan fingerprint density at radius 3 is 2.48 bits per heavy atom. The third kappa shape index (κ3) is 6.19. The summed E-state index contributed by atoms with van der Waals surface area (Å²) < 4.78 is 7.35. The van der Waals surface area contributed by atoms with E-state index < -0.39 is 0 Å². The van der Waals surface area contributed by atoms with Crippen LogP contribution in [0.3, 0.4) is 0 Å². The number of rotatable bonds is 9. The maximum atomic E-state index is 12.2. The zero-order valence-electron chi connectivity index (χ0n) is 16.1. The molecule has 0 saturated carbocycles. The molecule has 0 aliphatic rings. The smallest absolute Gasteiger partial charge is 0.225 e. The molecule has 2 aromatic carbocycles. The van der Waals surface area contributed by atoms with Crippen molar-refractivity contribution in [2.45, 2.75) is 26.3 Å². The lowest BCUT2D eigenvalue weighted by Gasteiger charge is -2.10. The van der Waals surface area contributed by atoms with Gasteiger partial charge in [-0.25, -0.2) is 4.68 Å². The first-order valence-electron chi connectivity index (χ1n) is 9.31. The molecule has 0 unspecified atom stereocenters. The molecular formula is C22H22ClN3O3. The van der Waals surface area contributed by atoms with Crippen molar-refractivity contribution < 1.29 is 14.3 Å². The van der Waals surface area contributed by atoms with Crippen LogP contribution in [-0.4, -0.2) is 28.1 Å². The summed E-state index contributed by atoms with van der Waals surface area (Å²) in [6.45, 7) is 2.48. The number of ether oxygens (including phenoxy) is 1. The van der Waals surface area contributed by atoms with Crippen LogP contribution in [-0.2, 0) is 11.3 Å². The van der Waals surface area contributed by atoms with E-state index in [1.54, 1.807) is 41.2 Å². The van der Waals surface area contributed by atoms with E-state index in [1.807, 2.05) is 24.3 Å². The van der Waals surface area contributed by atoms with Gasteiger partial charge in [0.15, 0.2) is 5.78 Å². The summed E-state index contributed by atoms with van der Waals surface area (Å²) in [6.07, 6.45) is 2.56. The van der Waals surface area contributed by atoms with Gasteiger partial charge in [0.05, 0.1) is 19.3 Å². The van der Waals surface area contributed by atoms with Crippen LogP contribution >= 0.6 is 11.6 Å². The Morgan fingerprint density at radius 1 is 1.07 bits per heavy atom. The van der Waals surface area contributed by atoms with Crippen LogP contribution in [0.25, 0.3) is 0 Å². The van der Waals surface area contributed by atoms with Gasteiger partial charge in [-0.15, -0.1) is 0 Å². The zero-order valence-corrected chi connectivity index (χ0v) is 16.9. The number of nitrogens with zero attached hydrogens (tertiary/aromatic N) is 2. The molecule has 0 atom stereocenters. The molecule has 3 aromatic rings. The summed E-state index contributed by atoms with van der Waals surface area (Å²) in [6, 6.07) is 16.2. The number of Topliss-reactive ketones (excluding diaryl/α,β-unsaturated/α-hetero) is 1.